The van der Waals surface area contributed by atoms with Crippen molar-refractivity contribution in [2.24, 2.45) is 0 Å². The molecule has 3 aromatic heterocycles. The molecular weight excluding hydrogens is 763 g/mol. The summed E-state index contributed by atoms with van der Waals surface area (Å²) < 4.78 is 4.40. The van der Waals surface area contributed by atoms with Crippen LogP contribution in [0.3, 0.4) is 0 Å². The minimum absolute atomic E-state index is 0.373. The van der Waals surface area contributed by atoms with Gasteiger partial charge in [-0.15, -0.1) is 0 Å². The van der Waals surface area contributed by atoms with Crippen molar-refractivity contribution in [2.75, 3.05) is 0 Å². The van der Waals surface area contributed by atoms with E-state index in [0.29, 0.717) is 50.7 Å². The molecule has 10 rings (SSSR count). The summed E-state index contributed by atoms with van der Waals surface area (Å²) in [5.74, 6) is 0.443. The lowest BCUT2D eigenvalue weighted by Crippen LogP contribution is -2.05. The molecule has 0 atom stereocenters. The van der Waals surface area contributed by atoms with Crippen LogP contribution in [-0.2, 0) is 0 Å². The molecule has 0 fully saturated rings. The van der Waals surface area contributed by atoms with Crippen LogP contribution in [0.15, 0.2) is 140 Å². The maximum atomic E-state index is 10.2. The monoisotopic (exact) mass is 791 g/mol. The van der Waals surface area contributed by atoms with Crippen LogP contribution >= 0.6 is 0 Å². The lowest BCUT2D eigenvalue weighted by atomic mass is 9.98. The summed E-state index contributed by atoms with van der Waals surface area (Å²) in [6, 6.07) is 49.4. The largest absolute Gasteiger partial charge is 0.308 e. The van der Waals surface area contributed by atoms with Gasteiger partial charge in [-0.1, -0.05) is 78.9 Å². The first-order chi connectivity index (χ1) is 30.3. The number of aromatic nitrogens is 4. The average molecular weight is 792 g/mol. The van der Waals surface area contributed by atoms with Gasteiger partial charge in [0.15, 0.2) is 17.1 Å². The van der Waals surface area contributed by atoms with Crippen molar-refractivity contribution in [1.29, 1.82) is 10.5 Å². The quantitative estimate of drug-likeness (QED) is 0.162. The van der Waals surface area contributed by atoms with Crippen molar-refractivity contribution >= 4 is 60.7 Å². The number of aryl methyl sites for hydroxylation is 2. The Labute approximate surface area is 356 Å². The summed E-state index contributed by atoms with van der Waals surface area (Å²) in [5, 5.41) is 23.8. The maximum Gasteiger partial charge on any atom is 0.200 e. The zero-order valence-corrected chi connectivity index (χ0v) is 33.3. The Morgan fingerprint density at radius 1 is 0.484 bits per heavy atom. The summed E-state index contributed by atoms with van der Waals surface area (Å²) in [7, 11) is 0. The van der Waals surface area contributed by atoms with E-state index in [1.54, 1.807) is 24.3 Å². The number of benzene rings is 7. The van der Waals surface area contributed by atoms with Gasteiger partial charge < -0.3 is 9.13 Å². The Morgan fingerprint density at radius 3 is 1.61 bits per heavy atom. The summed E-state index contributed by atoms with van der Waals surface area (Å²) in [6.45, 7) is 27.9. The number of hydrogen-bond acceptors (Lipinski definition) is 4. The van der Waals surface area contributed by atoms with Crippen LogP contribution in [0.4, 0.5) is 17.1 Å². The summed E-state index contributed by atoms with van der Waals surface area (Å²) in [4.78, 5) is 21.2. The fourth-order valence-electron chi connectivity index (χ4n) is 8.72. The highest BCUT2D eigenvalue weighted by Gasteiger charge is 2.24. The molecule has 0 amide bonds. The molecule has 0 N–H and O–H groups in total. The molecular formula is C53H29N9. The van der Waals surface area contributed by atoms with Gasteiger partial charge in [0, 0.05) is 49.6 Å². The Hall–Kier alpha value is -9.33. The highest BCUT2D eigenvalue weighted by atomic mass is 15.1. The molecule has 286 valence electrons. The third-order valence-electron chi connectivity index (χ3n) is 11.4. The molecule has 10 aromatic rings. The van der Waals surface area contributed by atoms with Crippen molar-refractivity contribution < 1.29 is 0 Å². The molecule has 0 aliphatic rings. The summed E-state index contributed by atoms with van der Waals surface area (Å²) in [6.07, 6.45) is 0. The van der Waals surface area contributed by atoms with E-state index >= 15 is 0 Å². The zero-order valence-electron chi connectivity index (χ0n) is 33.3. The van der Waals surface area contributed by atoms with Gasteiger partial charge in [-0.05, 0) is 96.8 Å². The molecule has 0 saturated heterocycles. The molecule has 9 nitrogen and oxygen atoms in total. The molecule has 3 heterocycles. The van der Waals surface area contributed by atoms with Crippen molar-refractivity contribution in [3.63, 3.8) is 0 Å². The van der Waals surface area contributed by atoms with Gasteiger partial charge in [-0.3, -0.25) is 0 Å². The second kappa shape index (κ2) is 14.5. The first kappa shape index (κ1) is 37.0. The number of hydrogen-bond donors (Lipinski definition) is 0. The second-order valence-electron chi connectivity index (χ2n) is 15.0. The minimum Gasteiger partial charge on any atom is -0.308 e. The first-order valence-electron chi connectivity index (χ1n) is 19.6. The standard InChI is InChI=1S/C53H29N9/c1-31-22-32(2)60-53(59-31)44-27-51(61-47-12-8-6-10-40(47)43-20-16-35(26-50(43)61)39-18-14-33(29-54)23-45(39)57-4)52(28-46(44)58-5)62-48-13-9-7-11-41(48)42-19-15-34(25-49(42)62)38-21-17-37(56-3)24-36(38)30-55/h6-28H,1-2H3. The number of nitrogens with zero attached hydrogens (tertiary/aromatic N) is 9. The summed E-state index contributed by atoms with van der Waals surface area (Å²) >= 11 is 0. The Morgan fingerprint density at radius 2 is 1.03 bits per heavy atom. The average Bonchev–Trinajstić information content (AvgIpc) is 3.82. The topological polar surface area (TPSA) is 96.3 Å². The summed E-state index contributed by atoms with van der Waals surface area (Å²) in [5.41, 5.74) is 12.2. The maximum absolute atomic E-state index is 10.2. The predicted molar refractivity (Wildman–Crippen MR) is 245 cm³/mol. The van der Waals surface area contributed by atoms with Gasteiger partial charge in [0.1, 0.15) is 5.82 Å². The molecule has 0 aliphatic carbocycles. The predicted octanol–water partition coefficient (Wildman–Crippen LogP) is 13.7. The second-order valence-corrected chi connectivity index (χ2v) is 15.0. The van der Waals surface area contributed by atoms with Gasteiger partial charge in [0.05, 0.1) is 65.3 Å². The van der Waals surface area contributed by atoms with Crippen molar-refractivity contribution in [2.45, 2.75) is 13.8 Å². The van der Waals surface area contributed by atoms with Crippen LogP contribution in [0.25, 0.3) is 103 Å². The Kier molecular flexibility index (Phi) is 8.64. The molecule has 0 spiro atoms. The third kappa shape index (κ3) is 5.81. The highest BCUT2D eigenvalue weighted by Crippen LogP contribution is 2.44. The molecule has 0 aliphatic heterocycles. The van der Waals surface area contributed by atoms with E-state index in [4.69, 9.17) is 29.7 Å². The first-order valence-corrected chi connectivity index (χ1v) is 19.6. The molecule has 62 heavy (non-hydrogen) atoms. The molecule has 9 heteroatoms. The van der Waals surface area contributed by atoms with Crippen LogP contribution in [0.2, 0.25) is 0 Å². The fraction of sp³-hybridized carbons (Fsp3) is 0.0377. The molecule has 7 aromatic carbocycles. The van der Waals surface area contributed by atoms with Crippen LogP contribution in [0.1, 0.15) is 22.5 Å². The van der Waals surface area contributed by atoms with E-state index in [1.165, 1.54) is 0 Å². The number of nitriles is 2. The highest BCUT2D eigenvalue weighted by molar-refractivity contribution is 6.13. The minimum atomic E-state index is 0.373. The van der Waals surface area contributed by atoms with Gasteiger partial charge in [0.2, 0.25) is 0 Å². The number of fused-ring (bicyclic) bond motifs is 6. The fourth-order valence-corrected chi connectivity index (χ4v) is 8.72. The van der Waals surface area contributed by atoms with E-state index in [1.807, 2.05) is 80.6 Å². The van der Waals surface area contributed by atoms with Crippen molar-refractivity contribution in [3.05, 3.63) is 196 Å². The molecule has 0 radical (unpaired) electrons. The van der Waals surface area contributed by atoms with Crippen LogP contribution in [0, 0.1) is 56.2 Å². The molecule has 0 unspecified atom stereocenters. The van der Waals surface area contributed by atoms with Gasteiger partial charge in [0.25, 0.3) is 0 Å². The van der Waals surface area contributed by atoms with E-state index in [-0.39, 0.29) is 0 Å². The van der Waals surface area contributed by atoms with Crippen molar-refractivity contribution in [3.8, 4) is 57.2 Å². The number of rotatable bonds is 5. The van der Waals surface area contributed by atoms with Gasteiger partial charge >= 0.3 is 0 Å². The molecule has 0 bridgehead atoms. The van der Waals surface area contributed by atoms with E-state index < -0.39 is 0 Å². The van der Waals surface area contributed by atoms with E-state index in [2.05, 4.69) is 84.3 Å². The lowest BCUT2D eigenvalue weighted by molar-refractivity contribution is 1.06. The Bertz CT molecular complexity index is 3770. The SMILES string of the molecule is [C-]#[N+]c1ccc(-c2ccc3c4ccccc4n(-c4cc([N+]#[C-])c(-c5nc(C)cc(C)n5)cc4-n4c5ccccc5c5ccc(-c6ccc(C#N)cc6[N+]#[C-])cc54)c3c2)c(C#N)c1. The van der Waals surface area contributed by atoms with Gasteiger partial charge in [-0.2, -0.15) is 10.5 Å². The number of para-hydroxylation sites is 2. The van der Waals surface area contributed by atoms with Crippen LogP contribution in [0.5, 0.6) is 0 Å². The lowest BCUT2D eigenvalue weighted by Gasteiger charge is -2.20. The third-order valence-corrected chi connectivity index (χ3v) is 11.4. The van der Waals surface area contributed by atoms with Crippen LogP contribution in [-0.4, -0.2) is 19.1 Å². The van der Waals surface area contributed by atoms with Crippen LogP contribution < -0.4 is 0 Å². The van der Waals surface area contributed by atoms with E-state index in [0.717, 1.165) is 77.5 Å². The van der Waals surface area contributed by atoms with E-state index in [9.17, 15) is 10.5 Å². The van der Waals surface area contributed by atoms with Gasteiger partial charge in [-0.25, -0.2) is 24.5 Å². The normalized spacial score (nSPS) is 11.0. The zero-order chi connectivity index (χ0) is 42.6. The van der Waals surface area contributed by atoms with Crippen molar-refractivity contribution in [1.82, 2.24) is 19.1 Å². The molecule has 0 saturated carbocycles. The smallest absolute Gasteiger partial charge is 0.200 e. The Balaban J connectivity index is 1.35.